The average Bonchev–Trinajstić information content (AvgIpc) is 3.13. The molecular weight excluding hydrogens is 474 g/mol. The van der Waals surface area contributed by atoms with Crippen molar-refractivity contribution in [3.8, 4) is 17.2 Å². The fourth-order valence-electron chi connectivity index (χ4n) is 3.69. The Balaban J connectivity index is 1.42. The van der Waals surface area contributed by atoms with Gasteiger partial charge in [-0.15, -0.1) is 0 Å². The summed E-state index contributed by atoms with van der Waals surface area (Å²) in [5.41, 5.74) is 3.91. The van der Waals surface area contributed by atoms with Crippen molar-refractivity contribution in [1.82, 2.24) is 4.90 Å². The Kier molecular flexibility index (Phi) is 8.33. The van der Waals surface area contributed by atoms with Gasteiger partial charge in [-0.3, -0.25) is 14.5 Å². The molecule has 0 radical (unpaired) electrons. The number of hydrogen-bond donors (Lipinski definition) is 0. The number of carbonyl (C=O) groups is 2. The maximum Gasteiger partial charge on any atom is 0.293 e. The molecule has 1 heterocycles. The zero-order valence-corrected chi connectivity index (χ0v) is 21.5. The fourth-order valence-corrected chi connectivity index (χ4v) is 4.56. The van der Waals surface area contributed by atoms with E-state index in [1.54, 1.807) is 6.08 Å². The van der Waals surface area contributed by atoms with Gasteiger partial charge < -0.3 is 14.2 Å². The zero-order chi connectivity index (χ0) is 25.5. The fraction of sp³-hybridized carbons (Fsp3) is 0.241. The second-order valence-electron chi connectivity index (χ2n) is 8.36. The van der Waals surface area contributed by atoms with Crippen LogP contribution in [0.4, 0.5) is 4.79 Å². The number of carbonyl (C=O) groups excluding carboxylic acids is 2. The van der Waals surface area contributed by atoms with Crippen LogP contribution < -0.4 is 14.2 Å². The van der Waals surface area contributed by atoms with Crippen LogP contribution in [0.2, 0.25) is 0 Å². The van der Waals surface area contributed by atoms with Gasteiger partial charge in [-0.1, -0.05) is 48.5 Å². The van der Waals surface area contributed by atoms with E-state index in [1.807, 2.05) is 87.5 Å². The molecule has 0 saturated carbocycles. The second kappa shape index (κ2) is 11.8. The quantitative estimate of drug-likeness (QED) is 0.299. The van der Waals surface area contributed by atoms with E-state index in [-0.39, 0.29) is 24.3 Å². The van der Waals surface area contributed by atoms with Crippen molar-refractivity contribution in [2.45, 2.75) is 27.4 Å². The van der Waals surface area contributed by atoms with Gasteiger partial charge in [0, 0.05) is 0 Å². The molecule has 7 heteroatoms. The molecule has 6 nitrogen and oxygen atoms in total. The summed E-state index contributed by atoms with van der Waals surface area (Å²) in [5.74, 6) is 1.64. The van der Waals surface area contributed by atoms with Crippen molar-refractivity contribution in [3.63, 3.8) is 0 Å². The van der Waals surface area contributed by atoms with Gasteiger partial charge in [-0.05, 0) is 79.1 Å². The lowest BCUT2D eigenvalue weighted by molar-refractivity contribution is -0.123. The summed E-state index contributed by atoms with van der Waals surface area (Å²) in [4.78, 5) is 27.0. The highest BCUT2D eigenvalue weighted by molar-refractivity contribution is 8.18. The Labute approximate surface area is 215 Å². The highest BCUT2D eigenvalue weighted by Gasteiger charge is 2.34. The number of thioether (sulfide) groups is 1. The molecule has 2 amide bonds. The lowest BCUT2D eigenvalue weighted by Gasteiger charge is -2.15. The molecule has 1 aliphatic rings. The Bertz CT molecular complexity index is 1270. The smallest absolute Gasteiger partial charge is 0.293 e. The zero-order valence-electron chi connectivity index (χ0n) is 20.7. The molecule has 0 spiro atoms. The first-order valence-corrected chi connectivity index (χ1v) is 12.6. The van der Waals surface area contributed by atoms with Crippen molar-refractivity contribution < 1.29 is 23.8 Å². The summed E-state index contributed by atoms with van der Waals surface area (Å²) >= 11 is 0.930. The minimum Gasteiger partial charge on any atom is -0.491 e. The van der Waals surface area contributed by atoms with Crippen LogP contribution in [0.3, 0.4) is 0 Å². The van der Waals surface area contributed by atoms with E-state index >= 15 is 0 Å². The Hall–Kier alpha value is -3.71. The minimum atomic E-state index is -0.322. The largest absolute Gasteiger partial charge is 0.491 e. The molecule has 0 atom stereocenters. The molecular formula is C29H29NO5S. The summed E-state index contributed by atoms with van der Waals surface area (Å²) in [6.45, 7) is 7.17. The van der Waals surface area contributed by atoms with Crippen LogP contribution in [0, 0.1) is 13.8 Å². The molecule has 1 aliphatic heterocycles. The van der Waals surface area contributed by atoms with E-state index in [1.165, 1.54) is 4.90 Å². The van der Waals surface area contributed by atoms with Gasteiger partial charge >= 0.3 is 0 Å². The molecule has 36 heavy (non-hydrogen) atoms. The van der Waals surface area contributed by atoms with Crippen LogP contribution in [0.15, 0.2) is 71.6 Å². The topological polar surface area (TPSA) is 65.1 Å². The lowest BCUT2D eigenvalue weighted by Crippen LogP contribution is -2.32. The summed E-state index contributed by atoms with van der Waals surface area (Å²) in [7, 11) is 0. The molecule has 0 aliphatic carbocycles. The Morgan fingerprint density at radius 3 is 2.44 bits per heavy atom. The van der Waals surface area contributed by atoms with Crippen molar-refractivity contribution in [3.05, 3.63) is 93.9 Å². The molecule has 1 saturated heterocycles. The maximum atomic E-state index is 12.9. The molecule has 0 bridgehead atoms. The average molecular weight is 504 g/mol. The summed E-state index contributed by atoms with van der Waals surface area (Å²) < 4.78 is 17.6. The summed E-state index contributed by atoms with van der Waals surface area (Å²) in [6, 6.07) is 21.3. The number of rotatable bonds is 10. The summed E-state index contributed by atoms with van der Waals surface area (Å²) in [6.07, 6.45) is 1.71. The van der Waals surface area contributed by atoms with Crippen LogP contribution >= 0.6 is 11.8 Å². The third-order valence-corrected chi connectivity index (χ3v) is 6.50. The number of benzene rings is 3. The molecule has 3 aromatic rings. The summed E-state index contributed by atoms with van der Waals surface area (Å²) in [5, 5.41) is -0.302. The number of imide groups is 1. The first kappa shape index (κ1) is 25.4. The van der Waals surface area contributed by atoms with Crippen LogP contribution in [0.1, 0.15) is 29.2 Å². The van der Waals surface area contributed by atoms with Crippen LogP contribution in [-0.2, 0) is 11.4 Å². The molecule has 1 fully saturated rings. The van der Waals surface area contributed by atoms with E-state index in [0.29, 0.717) is 29.6 Å². The van der Waals surface area contributed by atoms with Crippen LogP contribution in [0.5, 0.6) is 17.2 Å². The predicted molar refractivity (Wildman–Crippen MR) is 142 cm³/mol. The predicted octanol–water partition coefficient (Wildman–Crippen LogP) is 6.40. The number of amides is 2. The number of hydrogen-bond acceptors (Lipinski definition) is 6. The van der Waals surface area contributed by atoms with Gasteiger partial charge in [-0.2, -0.15) is 0 Å². The van der Waals surface area contributed by atoms with Gasteiger partial charge in [0.1, 0.15) is 19.0 Å². The van der Waals surface area contributed by atoms with E-state index in [9.17, 15) is 9.59 Å². The van der Waals surface area contributed by atoms with Crippen molar-refractivity contribution in [1.29, 1.82) is 0 Å². The number of nitrogens with zero attached hydrogens (tertiary/aromatic N) is 1. The van der Waals surface area contributed by atoms with E-state index in [4.69, 9.17) is 14.2 Å². The number of ether oxygens (including phenoxy) is 3. The third kappa shape index (κ3) is 6.29. The highest BCUT2D eigenvalue weighted by Crippen LogP contribution is 2.35. The van der Waals surface area contributed by atoms with Gasteiger partial charge in [-0.25, -0.2) is 0 Å². The monoisotopic (exact) mass is 503 g/mol. The van der Waals surface area contributed by atoms with E-state index in [2.05, 4.69) is 0 Å². The minimum absolute atomic E-state index is 0.186. The molecule has 4 rings (SSSR count). The van der Waals surface area contributed by atoms with Gasteiger partial charge in [0.25, 0.3) is 11.1 Å². The third-order valence-electron chi connectivity index (χ3n) is 5.59. The van der Waals surface area contributed by atoms with Gasteiger partial charge in [0.15, 0.2) is 11.5 Å². The Morgan fingerprint density at radius 2 is 1.67 bits per heavy atom. The van der Waals surface area contributed by atoms with Crippen LogP contribution in [0.25, 0.3) is 6.08 Å². The van der Waals surface area contributed by atoms with Crippen molar-refractivity contribution in [2.24, 2.45) is 0 Å². The first-order chi connectivity index (χ1) is 17.4. The van der Waals surface area contributed by atoms with Gasteiger partial charge in [0.2, 0.25) is 0 Å². The van der Waals surface area contributed by atoms with E-state index in [0.717, 1.165) is 39.8 Å². The lowest BCUT2D eigenvalue weighted by atomic mass is 10.1. The highest BCUT2D eigenvalue weighted by atomic mass is 32.2. The van der Waals surface area contributed by atoms with E-state index < -0.39 is 0 Å². The first-order valence-electron chi connectivity index (χ1n) is 11.8. The molecule has 3 aromatic carbocycles. The molecule has 0 N–H and O–H groups in total. The SMILES string of the molecule is CCOc1cc(/C=C2\SC(=O)N(CCOc3cc(C)ccc3C)C2=O)ccc1OCc1ccccc1. The van der Waals surface area contributed by atoms with Crippen LogP contribution in [-0.4, -0.2) is 35.8 Å². The van der Waals surface area contributed by atoms with Gasteiger partial charge in [0.05, 0.1) is 18.1 Å². The number of aryl methyl sites for hydroxylation is 2. The van der Waals surface area contributed by atoms with Crippen molar-refractivity contribution >= 4 is 29.0 Å². The molecule has 0 aromatic heterocycles. The maximum absolute atomic E-state index is 12.9. The molecule has 186 valence electrons. The second-order valence-corrected chi connectivity index (χ2v) is 9.36. The van der Waals surface area contributed by atoms with Crippen molar-refractivity contribution in [2.75, 3.05) is 19.8 Å². The standard InChI is InChI=1S/C29H29NO5S/c1-4-33-26-17-23(12-13-24(26)35-19-22-8-6-5-7-9-22)18-27-28(31)30(29(32)36-27)14-15-34-25-16-20(2)10-11-21(25)3/h5-13,16-18H,4,14-15,19H2,1-3H3/b27-18-. The Morgan fingerprint density at radius 1 is 0.861 bits per heavy atom. The molecule has 0 unspecified atom stereocenters. The normalized spacial score (nSPS) is 14.4.